The van der Waals surface area contributed by atoms with Gasteiger partial charge in [0.05, 0.1) is 20.3 Å². The Morgan fingerprint density at radius 2 is 1.88 bits per heavy atom. The lowest BCUT2D eigenvalue weighted by Gasteiger charge is -2.26. The third-order valence-electron chi connectivity index (χ3n) is 4.76. The van der Waals surface area contributed by atoms with Gasteiger partial charge < -0.3 is 19.3 Å². The maximum Gasteiger partial charge on any atom is 0.123 e. The van der Waals surface area contributed by atoms with Crippen LogP contribution in [0.4, 0.5) is 0 Å². The first kappa shape index (κ1) is 18.5. The van der Waals surface area contributed by atoms with E-state index in [-0.39, 0.29) is 11.9 Å². The fraction of sp³-hybridized carbons (Fsp3) is 0.429. The molecule has 1 heterocycles. The Balaban J connectivity index is 1.78. The largest absolute Gasteiger partial charge is 0.507 e. The monoisotopic (exact) mass is 357 g/mol. The van der Waals surface area contributed by atoms with Crippen LogP contribution in [-0.4, -0.2) is 43.5 Å². The van der Waals surface area contributed by atoms with Gasteiger partial charge in [-0.3, -0.25) is 4.90 Å². The minimum Gasteiger partial charge on any atom is -0.507 e. The average Bonchev–Trinajstić information content (AvgIpc) is 3.16. The first-order valence-corrected chi connectivity index (χ1v) is 9.01. The molecule has 0 bridgehead atoms. The third kappa shape index (κ3) is 4.68. The summed E-state index contributed by atoms with van der Waals surface area (Å²) in [6.07, 6.45) is 2.43. The number of methoxy groups -OCH3 is 2. The SMILES string of the molecule is COc1ccc(CN(Cc2ccccc2OC)CC2CCCO2)c(O)c1. The second kappa shape index (κ2) is 8.92. The van der Waals surface area contributed by atoms with Crippen molar-refractivity contribution in [3.63, 3.8) is 0 Å². The van der Waals surface area contributed by atoms with E-state index in [9.17, 15) is 5.11 Å². The van der Waals surface area contributed by atoms with E-state index in [1.54, 1.807) is 20.3 Å². The summed E-state index contributed by atoms with van der Waals surface area (Å²) >= 11 is 0. The molecular weight excluding hydrogens is 330 g/mol. The number of para-hydroxylation sites is 1. The molecule has 0 saturated carbocycles. The van der Waals surface area contributed by atoms with Crippen LogP contribution >= 0.6 is 0 Å². The Labute approximate surface area is 155 Å². The van der Waals surface area contributed by atoms with E-state index in [0.717, 1.165) is 49.4 Å². The fourth-order valence-electron chi connectivity index (χ4n) is 3.38. The van der Waals surface area contributed by atoms with E-state index < -0.39 is 0 Å². The highest BCUT2D eigenvalue weighted by atomic mass is 16.5. The second-order valence-electron chi connectivity index (χ2n) is 6.61. The first-order chi connectivity index (χ1) is 12.7. The van der Waals surface area contributed by atoms with Crippen LogP contribution in [0.15, 0.2) is 42.5 Å². The van der Waals surface area contributed by atoms with Crippen molar-refractivity contribution in [2.75, 3.05) is 27.4 Å². The van der Waals surface area contributed by atoms with E-state index >= 15 is 0 Å². The summed E-state index contributed by atoms with van der Waals surface area (Å²) in [6.45, 7) is 3.02. The molecule has 26 heavy (non-hydrogen) atoms. The molecule has 1 aliphatic heterocycles. The van der Waals surface area contributed by atoms with Crippen LogP contribution in [0.1, 0.15) is 24.0 Å². The molecule has 140 valence electrons. The van der Waals surface area contributed by atoms with Gasteiger partial charge in [0.2, 0.25) is 0 Å². The standard InChI is InChI=1S/C21H27NO4/c1-24-18-10-9-16(20(23)12-18)13-22(15-19-7-5-11-26-19)14-17-6-3-4-8-21(17)25-2/h3-4,6,8-10,12,19,23H,5,7,11,13-15H2,1-2H3. The molecule has 1 saturated heterocycles. The van der Waals surface area contributed by atoms with Crippen molar-refractivity contribution in [2.45, 2.75) is 32.0 Å². The van der Waals surface area contributed by atoms with E-state index in [0.29, 0.717) is 12.3 Å². The Hall–Kier alpha value is -2.24. The molecule has 1 N–H and O–H groups in total. The summed E-state index contributed by atoms with van der Waals surface area (Å²) in [5, 5.41) is 10.3. The number of benzene rings is 2. The van der Waals surface area contributed by atoms with Gasteiger partial charge in [-0.05, 0) is 25.0 Å². The van der Waals surface area contributed by atoms with Crippen molar-refractivity contribution in [3.8, 4) is 17.2 Å². The summed E-state index contributed by atoms with van der Waals surface area (Å²) in [5.74, 6) is 1.78. The lowest BCUT2D eigenvalue weighted by Crippen LogP contribution is -2.31. The van der Waals surface area contributed by atoms with Crippen LogP contribution in [0.3, 0.4) is 0 Å². The number of aromatic hydroxyl groups is 1. The molecule has 1 atom stereocenters. The van der Waals surface area contributed by atoms with Crippen molar-refractivity contribution in [3.05, 3.63) is 53.6 Å². The highest BCUT2D eigenvalue weighted by Gasteiger charge is 2.21. The average molecular weight is 357 g/mol. The van der Waals surface area contributed by atoms with Crippen LogP contribution in [0.25, 0.3) is 0 Å². The zero-order valence-electron chi connectivity index (χ0n) is 15.5. The smallest absolute Gasteiger partial charge is 0.123 e. The van der Waals surface area contributed by atoms with Gasteiger partial charge in [0.1, 0.15) is 17.2 Å². The van der Waals surface area contributed by atoms with Gasteiger partial charge in [-0.1, -0.05) is 24.3 Å². The van der Waals surface area contributed by atoms with Gasteiger partial charge in [-0.2, -0.15) is 0 Å². The molecule has 0 aliphatic carbocycles. The molecule has 5 heteroatoms. The predicted molar refractivity (Wildman–Crippen MR) is 101 cm³/mol. The number of rotatable bonds is 8. The minimum atomic E-state index is 0.241. The number of hydrogen-bond acceptors (Lipinski definition) is 5. The number of phenols is 1. The highest BCUT2D eigenvalue weighted by Crippen LogP contribution is 2.27. The normalized spacial score (nSPS) is 16.8. The van der Waals surface area contributed by atoms with Gasteiger partial charge >= 0.3 is 0 Å². The Bertz CT molecular complexity index is 713. The van der Waals surface area contributed by atoms with Crippen molar-refractivity contribution in [1.29, 1.82) is 0 Å². The topological polar surface area (TPSA) is 51.2 Å². The van der Waals surface area contributed by atoms with Crippen LogP contribution < -0.4 is 9.47 Å². The molecule has 1 unspecified atom stereocenters. The molecule has 0 aromatic heterocycles. The molecule has 5 nitrogen and oxygen atoms in total. The number of nitrogens with zero attached hydrogens (tertiary/aromatic N) is 1. The van der Waals surface area contributed by atoms with Crippen LogP contribution in [0, 0.1) is 0 Å². The van der Waals surface area contributed by atoms with Crippen LogP contribution in [0.5, 0.6) is 17.2 Å². The predicted octanol–water partition coefficient (Wildman–Crippen LogP) is 3.59. The summed E-state index contributed by atoms with van der Waals surface area (Å²) in [6, 6.07) is 13.5. The van der Waals surface area contributed by atoms with Gasteiger partial charge in [0.15, 0.2) is 0 Å². The Morgan fingerprint density at radius 1 is 1.08 bits per heavy atom. The van der Waals surface area contributed by atoms with Crippen molar-refractivity contribution in [2.24, 2.45) is 0 Å². The van der Waals surface area contributed by atoms with Gasteiger partial charge in [-0.15, -0.1) is 0 Å². The first-order valence-electron chi connectivity index (χ1n) is 9.01. The zero-order valence-corrected chi connectivity index (χ0v) is 15.5. The lowest BCUT2D eigenvalue weighted by atomic mass is 10.1. The molecule has 0 spiro atoms. The van der Waals surface area contributed by atoms with Crippen LogP contribution in [-0.2, 0) is 17.8 Å². The Morgan fingerprint density at radius 3 is 2.58 bits per heavy atom. The zero-order chi connectivity index (χ0) is 18.4. The number of ether oxygens (including phenoxy) is 3. The van der Waals surface area contributed by atoms with Gasteiger partial charge in [0, 0.05) is 43.4 Å². The molecule has 2 aromatic carbocycles. The summed E-state index contributed by atoms with van der Waals surface area (Å²) in [7, 11) is 3.29. The summed E-state index contributed by atoms with van der Waals surface area (Å²) in [5.41, 5.74) is 2.00. The maximum atomic E-state index is 10.3. The molecule has 0 radical (unpaired) electrons. The Kier molecular flexibility index (Phi) is 6.36. The molecule has 3 rings (SSSR count). The quantitative estimate of drug-likeness (QED) is 0.782. The van der Waals surface area contributed by atoms with Gasteiger partial charge in [0.25, 0.3) is 0 Å². The lowest BCUT2D eigenvalue weighted by molar-refractivity contribution is 0.0673. The molecule has 1 aliphatic rings. The van der Waals surface area contributed by atoms with Crippen LogP contribution in [0.2, 0.25) is 0 Å². The van der Waals surface area contributed by atoms with E-state index in [1.165, 1.54) is 0 Å². The number of hydrogen-bond donors (Lipinski definition) is 1. The molecule has 2 aromatic rings. The van der Waals surface area contributed by atoms with Gasteiger partial charge in [-0.25, -0.2) is 0 Å². The van der Waals surface area contributed by atoms with E-state index in [2.05, 4.69) is 11.0 Å². The molecular formula is C21H27NO4. The fourth-order valence-corrected chi connectivity index (χ4v) is 3.38. The second-order valence-corrected chi connectivity index (χ2v) is 6.61. The van der Waals surface area contributed by atoms with Crippen molar-refractivity contribution < 1.29 is 19.3 Å². The number of phenolic OH excluding ortho intramolecular Hbond substituents is 1. The minimum absolute atomic E-state index is 0.241. The molecule has 0 amide bonds. The third-order valence-corrected chi connectivity index (χ3v) is 4.76. The van der Waals surface area contributed by atoms with E-state index in [4.69, 9.17) is 14.2 Å². The van der Waals surface area contributed by atoms with Crippen molar-refractivity contribution in [1.82, 2.24) is 4.90 Å². The van der Waals surface area contributed by atoms with Crippen molar-refractivity contribution >= 4 is 0 Å². The van der Waals surface area contributed by atoms with E-state index in [1.807, 2.05) is 30.3 Å². The molecule has 1 fully saturated rings. The summed E-state index contributed by atoms with van der Waals surface area (Å²) < 4.78 is 16.5. The highest BCUT2D eigenvalue weighted by molar-refractivity contribution is 5.40. The summed E-state index contributed by atoms with van der Waals surface area (Å²) in [4.78, 5) is 2.30. The maximum absolute atomic E-state index is 10.3.